The fourth-order valence-corrected chi connectivity index (χ4v) is 4.52. The molecule has 3 rings (SSSR count). The van der Waals surface area contributed by atoms with E-state index in [9.17, 15) is 27.2 Å². The number of alkyl halides is 3. The number of ketones is 1. The van der Waals surface area contributed by atoms with E-state index in [1.807, 2.05) is 0 Å². The van der Waals surface area contributed by atoms with Crippen LogP contribution in [0.3, 0.4) is 0 Å². The second kappa shape index (κ2) is 8.73. The second-order valence-corrected chi connectivity index (χ2v) is 8.21. The first-order chi connectivity index (χ1) is 14.0. The van der Waals surface area contributed by atoms with Crippen LogP contribution in [0.15, 0.2) is 30.3 Å². The van der Waals surface area contributed by atoms with Gasteiger partial charge < -0.3 is 15.6 Å². The van der Waals surface area contributed by atoms with Crippen LogP contribution in [-0.2, 0) is 4.79 Å². The number of carboxylic acid groups (broad SMARTS) is 1. The predicted molar refractivity (Wildman–Crippen MR) is 102 cm³/mol. The number of Topliss-reactive ketones (excluding diaryl/α,β-unsaturated/α-hetero) is 1. The number of benzene rings is 1. The van der Waals surface area contributed by atoms with Crippen molar-refractivity contribution in [3.63, 3.8) is 0 Å². The number of hydrogen-bond donors (Lipinski definition) is 2. The van der Waals surface area contributed by atoms with E-state index in [4.69, 9.17) is 10.8 Å². The normalized spacial score (nSPS) is 20.6. The van der Waals surface area contributed by atoms with Crippen molar-refractivity contribution < 1.29 is 37.0 Å². The first-order valence-corrected chi connectivity index (χ1v) is 10.0. The van der Waals surface area contributed by atoms with Crippen molar-refractivity contribution in [2.45, 2.75) is 38.1 Å². The third kappa shape index (κ3) is 5.17. The highest BCUT2D eigenvalue weighted by atomic mass is 32.1. The number of halogens is 4. The molecule has 3 N–H and O–H groups in total. The van der Waals surface area contributed by atoms with Gasteiger partial charge in [-0.2, -0.15) is 4.39 Å². The molecule has 1 aromatic carbocycles. The molecule has 5 nitrogen and oxygen atoms in total. The molecule has 0 bridgehead atoms. The number of thiophene rings is 1. The quantitative estimate of drug-likeness (QED) is 0.490. The van der Waals surface area contributed by atoms with Gasteiger partial charge >= 0.3 is 12.3 Å². The molecule has 1 aromatic heterocycles. The second-order valence-electron chi connectivity index (χ2n) is 7.21. The first kappa shape index (κ1) is 22.2. The van der Waals surface area contributed by atoms with E-state index < -0.39 is 41.0 Å². The highest BCUT2D eigenvalue weighted by molar-refractivity contribution is 7.13. The van der Waals surface area contributed by atoms with Crippen LogP contribution in [0.1, 0.15) is 35.4 Å². The van der Waals surface area contributed by atoms with Gasteiger partial charge in [0.15, 0.2) is 10.9 Å². The van der Waals surface area contributed by atoms with Crippen molar-refractivity contribution in [2.75, 3.05) is 0 Å². The summed E-state index contributed by atoms with van der Waals surface area (Å²) in [5.74, 6) is -2.33. The lowest BCUT2D eigenvalue weighted by molar-refractivity contribution is -0.274. The lowest BCUT2D eigenvalue weighted by Gasteiger charge is -2.29. The van der Waals surface area contributed by atoms with E-state index in [-0.39, 0.29) is 16.4 Å². The third-order valence-electron chi connectivity index (χ3n) is 5.26. The number of nitrogens with two attached hydrogens (primary N) is 1. The zero-order valence-corrected chi connectivity index (χ0v) is 16.4. The SMILES string of the molecule is NC(C(=O)c1cc(-c2ccc(OC(F)(F)F)cc2)c(F)s1)C1CCC(C(=O)O)CC1. The monoisotopic (exact) mass is 445 g/mol. The molecule has 2 aromatic rings. The Morgan fingerprint density at radius 1 is 1.13 bits per heavy atom. The van der Waals surface area contributed by atoms with E-state index in [1.165, 1.54) is 18.2 Å². The van der Waals surface area contributed by atoms with Gasteiger partial charge in [0.2, 0.25) is 0 Å². The maximum atomic E-state index is 14.4. The number of ether oxygens (including phenoxy) is 1. The van der Waals surface area contributed by atoms with Crippen molar-refractivity contribution in [1.29, 1.82) is 0 Å². The van der Waals surface area contributed by atoms with E-state index in [2.05, 4.69) is 4.74 Å². The van der Waals surface area contributed by atoms with Crippen LogP contribution < -0.4 is 10.5 Å². The number of carbonyl (C=O) groups excluding carboxylic acids is 1. The van der Waals surface area contributed by atoms with Gasteiger partial charge in [-0.1, -0.05) is 12.1 Å². The molecule has 0 aliphatic heterocycles. The van der Waals surface area contributed by atoms with Crippen LogP contribution in [0, 0.1) is 17.0 Å². The zero-order valence-electron chi connectivity index (χ0n) is 15.6. The highest BCUT2D eigenvalue weighted by Crippen LogP contribution is 2.35. The Labute approximate surface area is 173 Å². The van der Waals surface area contributed by atoms with Gasteiger partial charge in [0.25, 0.3) is 0 Å². The molecule has 1 aliphatic rings. The molecular formula is C20H19F4NO4S. The molecule has 1 unspecified atom stereocenters. The van der Waals surface area contributed by atoms with Crippen molar-refractivity contribution >= 4 is 23.1 Å². The Kier molecular flexibility index (Phi) is 6.47. The summed E-state index contributed by atoms with van der Waals surface area (Å²) < 4.78 is 55.0. The third-order valence-corrected chi connectivity index (χ3v) is 6.20. The van der Waals surface area contributed by atoms with Gasteiger partial charge in [0.05, 0.1) is 16.8 Å². The first-order valence-electron chi connectivity index (χ1n) is 9.23. The molecule has 30 heavy (non-hydrogen) atoms. The molecule has 1 fully saturated rings. The maximum absolute atomic E-state index is 14.4. The number of carbonyl (C=O) groups is 2. The van der Waals surface area contributed by atoms with Crippen LogP contribution in [0.25, 0.3) is 11.1 Å². The molecule has 0 radical (unpaired) electrons. The highest BCUT2D eigenvalue weighted by Gasteiger charge is 2.33. The summed E-state index contributed by atoms with van der Waals surface area (Å²) in [6.45, 7) is 0. The maximum Gasteiger partial charge on any atom is 0.573 e. The summed E-state index contributed by atoms with van der Waals surface area (Å²) in [7, 11) is 0. The summed E-state index contributed by atoms with van der Waals surface area (Å²) in [5, 5.41) is 8.41. The van der Waals surface area contributed by atoms with Crippen molar-refractivity contribution in [3.05, 3.63) is 40.3 Å². The minimum absolute atomic E-state index is 0.0868. The fourth-order valence-electron chi connectivity index (χ4n) is 3.63. The Bertz CT molecular complexity index is 918. The average molecular weight is 445 g/mol. The molecule has 1 aliphatic carbocycles. The Morgan fingerprint density at radius 2 is 1.73 bits per heavy atom. The van der Waals surface area contributed by atoms with Gasteiger partial charge in [-0.3, -0.25) is 9.59 Å². The molecule has 1 saturated carbocycles. The van der Waals surface area contributed by atoms with Crippen LogP contribution in [0.5, 0.6) is 5.75 Å². The number of carboxylic acids is 1. The van der Waals surface area contributed by atoms with Gasteiger partial charge in [0, 0.05) is 5.56 Å². The Balaban J connectivity index is 1.71. The number of aliphatic carboxylic acids is 1. The smallest absolute Gasteiger partial charge is 0.481 e. The summed E-state index contributed by atoms with van der Waals surface area (Å²) in [4.78, 5) is 23.9. The van der Waals surface area contributed by atoms with Gasteiger partial charge in [-0.15, -0.1) is 24.5 Å². The fraction of sp³-hybridized carbons (Fsp3) is 0.400. The van der Waals surface area contributed by atoms with E-state index >= 15 is 0 Å². The average Bonchev–Trinajstić information content (AvgIpc) is 3.08. The van der Waals surface area contributed by atoms with Crippen LogP contribution in [-0.4, -0.2) is 29.3 Å². The lowest BCUT2D eigenvalue weighted by Crippen LogP contribution is -2.40. The van der Waals surface area contributed by atoms with Gasteiger partial charge in [-0.25, -0.2) is 0 Å². The Morgan fingerprint density at radius 3 is 2.27 bits per heavy atom. The van der Waals surface area contributed by atoms with Crippen molar-refractivity contribution in [2.24, 2.45) is 17.6 Å². The van der Waals surface area contributed by atoms with Gasteiger partial charge in [0.1, 0.15) is 5.75 Å². The number of hydrogen-bond acceptors (Lipinski definition) is 5. The summed E-state index contributed by atoms with van der Waals surface area (Å²) in [5.41, 5.74) is 6.47. The van der Waals surface area contributed by atoms with Gasteiger partial charge in [-0.05, 0) is 55.4 Å². The molecule has 0 amide bonds. The minimum atomic E-state index is -4.82. The predicted octanol–water partition coefficient (Wildman–Crippen LogP) is 4.85. The molecule has 162 valence electrons. The van der Waals surface area contributed by atoms with E-state index in [0.29, 0.717) is 42.6 Å². The number of rotatable bonds is 6. The molecule has 10 heteroatoms. The zero-order chi connectivity index (χ0) is 22.1. The summed E-state index contributed by atoms with van der Waals surface area (Å²) in [6, 6.07) is 5.14. The molecule has 0 saturated heterocycles. The van der Waals surface area contributed by atoms with Crippen LogP contribution >= 0.6 is 11.3 Å². The molecule has 1 heterocycles. The topological polar surface area (TPSA) is 89.6 Å². The van der Waals surface area contributed by atoms with Crippen LogP contribution in [0.2, 0.25) is 0 Å². The van der Waals surface area contributed by atoms with Crippen LogP contribution in [0.4, 0.5) is 17.6 Å². The lowest BCUT2D eigenvalue weighted by atomic mass is 9.77. The molecule has 0 spiro atoms. The van der Waals surface area contributed by atoms with E-state index in [0.717, 1.165) is 12.1 Å². The Hall–Kier alpha value is -2.46. The van der Waals surface area contributed by atoms with Crippen molar-refractivity contribution in [1.82, 2.24) is 0 Å². The minimum Gasteiger partial charge on any atom is -0.481 e. The molecule has 1 atom stereocenters. The standard InChI is InChI=1S/C20H19F4NO4S/c21-18-14(10-5-7-13(8-6-10)29-20(22,23)24)9-15(30-18)17(26)16(25)11-1-3-12(4-2-11)19(27)28/h5-9,11-12,16H,1-4,25H2,(H,27,28). The van der Waals surface area contributed by atoms with Crippen molar-refractivity contribution in [3.8, 4) is 16.9 Å². The largest absolute Gasteiger partial charge is 0.573 e. The van der Waals surface area contributed by atoms with E-state index in [1.54, 1.807) is 0 Å². The summed E-state index contributed by atoms with van der Waals surface area (Å²) in [6.07, 6.45) is -2.93. The summed E-state index contributed by atoms with van der Waals surface area (Å²) >= 11 is 0.628. The molecular weight excluding hydrogens is 426 g/mol.